The molecule has 19 heavy (non-hydrogen) atoms. The van der Waals surface area contributed by atoms with E-state index in [-0.39, 0.29) is 48.9 Å². The first-order valence-corrected chi connectivity index (χ1v) is 7.19. The molecular weight excluding hydrogens is 434 g/mol. The fourth-order valence-electron chi connectivity index (χ4n) is 1.41. The summed E-state index contributed by atoms with van der Waals surface area (Å²) in [5.74, 6) is -6.38. The summed E-state index contributed by atoms with van der Waals surface area (Å²) in [5, 5.41) is 11.7. The normalized spacial score (nSPS) is 16.8. The predicted molar refractivity (Wildman–Crippen MR) is 60.9 cm³/mol. The summed E-state index contributed by atoms with van der Waals surface area (Å²) in [6, 6.07) is 0. The summed E-state index contributed by atoms with van der Waals surface area (Å²) in [6.07, 6.45) is 0. The zero-order valence-corrected chi connectivity index (χ0v) is 15.6. The molecule has 0 aliphatic carbocycles. The Labute approximate surface area is 148 Å². The number of carbonyl (C=O) groups is 2. The van der Waals surface area contributed by atoms with Crippen LogP contribution in [0.3, 0.4) is 0 Å². The molecule has 0 radical (unpaired) electrons. The van der Waals surface area contributed by atoms with Gasteiger partial charge in [-0.2, -0.15) is 16.8 Å². The first kappa shape index (κ1) is 21.6. The SMILES string of the molecule is CC(C(C(=O)O)S(=O)(=O)O)C(C(=O)O)S(=O)(=O)O.[Ba+2]. The van der Waals surface area contributed by atoms with E-state index in [4.69, 9.17) is 19.3 Å². The Kier molecular flexibility index (Phi) is 8.39. The molecule has 106 valence electrons. The maximum absolute atomic E-state index is 10.8. The summed E-state index contributed by atoms with van der Waals surface area (Å²) < 4.78 is 60.4. The Balaban J connectivity index is 0. The number of hydrogen-bond acceptors (Lipinski definition) is 6. The molecule has 0 heterocycles. The van der Waals surface area contributed by atoms with Gasteiger partial charge in [-0.25, -0.2) is 0 Å². The van der Waals surface area contributed by atoms with Gasteiger partial charge >= 0.3 is 60.8 Å². The van der Waals surface area contributed by atoms with Gasteiger partial charge in [0.25, 0.3) is 20.2 Å². The summed E-state index contributed by atoms with van der Waals surface area (Å²) in [4.78, 5) is 21.3. The number of carboxylic acid groups (broad SMARTS) is 2. The van der Waals surface area contributed by atoms with E-state index in [1.165, 1.54) is 0 Å². The number of hydrogen-bond donors (Lipinski definition) is 4. The van der Waals surface area contributed by atoms with Crippen molar-refractivity contribution in [3.05, 3.63) is 0 Å². The number of rotatable bonds is 6. The monoisotopic (exact) mass is 444 g/mol. The van der Waals surface area contributed by atoms with Crippen LogP contribution in [0.15, 0.2) is 0 Å². The van der Waals surface area contributed by atoms with Crippen LogP contribution in [0.4, 0.5) is 0 Å². The molecule has 4 N–H and O–H groups in total. The zero-order valence-electron chi connectivity index (χ0n) is 9.49. The fourth-order valence-corrected chi connectivity index (χ4v) is 3.41. The van der Waals surface area contributed by atoms with Gasteiger partial charge in [-0.05, 0) is 0 Å². The summed E-state index contributed by atoms with van der Waals surface area (Å²) >= 11 is 0. The third-order valence-corrected chi connectivity index (χ3v) is 4.63. The molecule has 0 saturated carbocycles. The minimum atomic E-state index is -5.24. The number of carboxylic acids is 2. The summed E-state index contributed by atoms with van der Waals surface area (Å²) in [5.41, 5.74) is 0. The molecule has 2 unspecified atom stereocenters. The Morgan fingerprint density at radius 1 is 0.842 bits per heavy atom. The largest absolute Gasteiger partial charge is 2.00 e. The van der Waals surface area contributed by atoms with Crippen molar-refractivity contribution in [3.63, 3.8) is 0 Å². The van der Waals surface area contributed by atoms with Gasteiger partial charge < -0.3 is 10.2 Å². The molecule has 0 bridgehead atoms. The van der Waals surface area contributed by atoms with Crippen LogP contribution in [0.25, 0.3) is 0 Å². The minimum Gasteiger partial charge on any atom is -0.480 e. The van der Waals surface area contributed by atoms with Gasteiger partial charge in [0.05, 0.1) is 0 Å². The number of aliphatic carboxylic acids is 2. The standard InChI is InChI=1S/C6H10O10S2.Ba/c1-2(3(5(7)8)17(11,12)13)4(6(9)10)18(14,15)16;/h2-4H,1H3,(H,7,8)(H,9,10)(H,11,12,13)(H,14,15,16);/q;+2. The van der Waals surface area contributed by atoms with Crippen molar-refractivity contribution in [1.29, 1.82) is 0 Å². The molecule has 10 nitrogen and oxygen atoms in total. The Bertz CT molecular complexity index is 499. The molecule has 0 fully saturated rings. The van der Waals surface area contributed by atoms with E-state index in [0.717, 1.165) is 0 Å². The summed E-state index contributed by atoms with van der Waals surface area (Å²) in [6.45, 7) is 0.652. The molecule has 0 amide bonds. The minimum absolute atomic E-state index is 0. The van der Waals surface area contributed by atoms with Gasteiger partial charge in [-0.3, -0.25) is 18.7 Å². The van der Waals surface area contributed by atoms with Gasteiger partial charge in [0.15, 0.2) is 10.5 Å². The topological polar surface area (TPSA) is 183 Å². The molecule has 2 atom stereocenters. The smallest absolute Gasteiger partial charge is 0.480 e. The van der Waals surface area contributed by atoms with Crippen molar-refractivity contribution in [2.75, 3.05) is 0 Å². The second kappa shape index (κ2) is 7.37. The molecule has 0 aromatic carbocycles. The average molecular weight is 444 g/mol. The quantitative estimate of drug-likeness (QED) is 0.262. The van der Waals surface area contributed by atoms with Gasteiger partial charge in [0, 0.05) is 5.92 Å². The first-order chi connectivity index (χ1) is 7.80. The van der Waals surface area contributed by atoms with Crippen LogP contribution < -0.4 is 0 Å². The molecule has 0 spiro atoms. The molecule has 0 rings (SSSR count). The van der Waals surface area contributed by atoms with Gasteiger partial charge in [0.2, 0.25) is 0 Å². The molecule has 0 aromatic heterocycles. The first-order valence-electron chi connectivity index (χ1n) is 4.18. The maximum Gasteiger partial charge on any atom is 2.00 e. The maximum atomic E-state index is 10.8. The van der Waals surface area contributed by atoms with Crippen LogP contribution in [0.2, 0.25) is 0 Å². The zero-order chi connectivity index (χ0) is 14.9. The molecular formula is C6H10BaO10S2+2. The predicted octanol–water partition coefficient (Wildman–Crippen LogP) is -2.08. The van der Waals surface area contributed by atoms with Crippen molar-refractivity contribution < 1.29 is 45.7 Å². The molecule has 0 aliphatic heterocycles. The Hall–Kier alpha value is 0.331. The van der Waals surface area contributed by atoms with E-state index in [1.54, 1.807) is 0 Å². The molecule has 0 aromatic rings. The second-order valence-corrected chi connectivity index (χ2v) is 6.48. The Morgan fingerprint density at radius 2 is 1.05 bits per heavy atom. The van der Waals surface area contributed by atoms with E-state index in [2.05, 4.69) is 0 Å². The van der Waals surface area contributed by atoms with Crippen LogP contribution >= 0.6 is 0 Å². The van der Waals surface area contributed by atoms with Crippen LogP contribution in [-0.4, -0.2) is 107 Å². The Morgan fingerprint density at radius 3 is 1.16 bits per heavy atom. The van der Waals surface area contributed by atoms with Crippen molar-refractivity contribution in [3.8, 4) is 0 Å². The van der Waals surface area contributed by atoms with Crippen molar-refractivity contribution in [2.45, 2.75) is 17.4 Å². The van der Waals surface area contributed by atoms with Crippen molar-refractivity contribution >= 4 is 81.1 Å². The summed E-state index contributed by atoms with van der Waals surface area (Å²) in [7, 11) is -10.5. The second-order valence-electron chi connectivity index (χ2n) is 3.41. The average Bonchev–Trinajstić information content (AvgIpc) is 1.93. The van der Waals surface area contributed by atoms with Crippen LogP contribution in [0.1, 0.15) is 6.92 Å². The molecule has 0 aliphatic rings. The van der Waals surface area contributed by atoms with Crippen LogP contribution in [0.5, 0.6) is 0 Å². The molecule has 0 saturated heterocycles. The van der Waals surface area contributed by atoms with Crippen LogP contribution in [-0.2, 0) is 29.8 Å². The molecule has 13 heteroatoms. The van der Waals surface area contributed by atoms with Gasteiger partial charge in [0.1, 0.15) is 0 Å². The third kappa shape index (κ3) is 6.09. The van der Waals surface area contributed by atoms with E-state index in [9.17, 15) is 26.4 Å². The van der Waals surface area contributed by atoms with Gasteiger partial charge in [-0.15, -0.1) is 0 Å². The third-order valence-electron chi connectivity index (χ3n) is 2.08. The van der Waals surface area contributed by atoms with Crippen LogP contribution in [0, 0.1) is 5.92 Å². The van der Waals surface area contributed by atoms with E-state index in [1.807, 2.05) is 0 Å². The van der Waals surface area contributed by atoms with Crippen molar-refractivity contribution in [2.24, 2.45) is 5.92 Å². The van der Waals surface area contributed by atoms with E-state index >= 15 is 0 Å². The van der Waals surface area contributed by atoms with Gasteiger partial charge in [-0.1, -0.05) is 6.92 Å². The fraction of sp³-hybridized carbons (Fsp3) is 0.667. The van der Waals surface area contributed by atoms with E-state index in [0.29, 0.717) is 6.92 Å². The van der Waals surface area contributed by atoms with Crippen molar-refractivity contribution in [1.82, 2.24) is 0 Å². The van der Waals surface area contributed by atoms with E-state index < -0.39 is 48.6 Å².